The number of hydrogen-bond donors (Lipinski definition) is 0. The zero-order chi connectivity index (χ0) is 10.8. The zero-order valence-electron chi connectivity index (χ0n) is 9.14. The normalized spacial score (nSPS) is 11.2. The van der Waals surface area contributed by atoms with E-state index < -0.39 is 0 Å². The molecule has 0 unspecified atom stereocenters. The van der Waals surface area contributed by atoms with Gasteiger partial charge in [-0.1, -0.05) is 0 Å². The number of nitrogens with zero attached hydrogens (tertiary/aromatic N) is 4. The van der Waals surface area contributed by atoms with Crippen LogP contribution in [-0.2, 0) is 0 Å². The molecule has 0 N–H and O–H groups in total. The van der Waals surface area contributed by atoms with E-state index in [0.717, 1.165) is 11.2 Å². The summed E-state index contributed by atoms with van der Waals surface area (Å²) in [5, 5.41) is 0. The summed E-state index contributed by atoms with van der Waals surface area (Å²) in [5.74, 6) is 0.557. The van der Waals surface area contributed by atoms with Gasteiger partial charge in [-0.25, -0.2) is 9.97 Å². The van der Waals surface area contributed by atoms with Gasteiger partial charge in [-0.15, -0.1) is 0 Å². The molecule has 2 rings (SSSR count). The van der Waals surface area contributed by atoms with Gasteiger partial charge >= 0.3 is 0 Å². The fraction of sp³-hybridized carbons (Fsp3) is 0.500. The van der Waals surface area contributed by atoms with E-state index in [1.54, 1.807) is 6.33 Å². The van der Waals surface area contributed by atoms with Crippen LogP contribution in [0, 0.1) is 0 Å². The van der Waals surface area contributed by atoms with Crippen LogP contribution in [0.4, 0.5) is 0 Å². The van der Waals surface area contributed by atoms with Gasteiger partial charge in [0.15, 0.2) is 11.2 Å². The predicted molar refractivity (Wildman–Crippen MR) is 56.9 cm³/mol. The Balaban J connectivity index is 2.58. The Kier molecular flexibility index (Phi) is 2.53. The maximum atomic E-state index is 5.39. The highest BCUT2D eigenvalue weighted by Gasteiger charge is 2.11. The molecule has 0 radical (unpaired) electrons. The molecule has 0 aliphatic carbocycles. The highest BCUT2D eigenvalue weighted by atomic mass is 16.5. The monoisotopic (exact) mass is 206 g/mol. The maximum Gasteiger partial charge on any atom is 0.245 e. The zero-order valence-corrected chi connectivity index (χ0v) is 9.14. The van der Waals surface area contributed by atoms with Gasteiger partial charge < -0.3 is 9.30 Å². The van der Waals surface area contributed by atoms with Crippen molar-refractivity contribution >= 4 is 11.2 Å². The van der Waals surface area contributed by atoms with Crippen molar-refractivity contribution in [2.75, 3.05) is 6.61 Å². The Morgan fingerprint density at radius 2 is 2.13 bits per heavy atom. The van der Waals surface area contributed by atoms with E-state index in [9.17, 15) is 0 Å². The lowest BCUT2D eigenvalue weighted by Crippen LogP contribution is -2.01. The summed E-state index contributed by atoms with van der Waals surface area (Å²) in [6.07, 6.45) is 3.28. The summed E-state index contributed by atoms with van der Waals surface area (Å²) in [6.45, 7) is 6.68. The molecule has 2 aromatic heterocycles. The third-order valence-corrected chi connectivity index (χ3v) is 2.16. The van der Waals surface area contributed by atoms with Crippen molar-refractivity contribution < 1.29 is 4.74 Å². The van der Waals surface area contributed by atoms with E-state index >= 15 is 0 Å². The van der Waals surface area contributed by atoms with E-state index in [1.807, 2.05) is 11.5 Å². The van der Waals surface area contributed by atoms with Gasteiger partial charge in [0.2, 0.25) is 5.88 Å². The van der Waals surface area contributed by atoms with Crippen LogP contribution in [0.2, 0.25) is 0 Å². The second kappa shape index (κ2) is 3.84. The summed E-state index contributed by atoms with van der Waals surface area (Å²) in [7, 11) is 0. The molecular weight excluding hydrogens is 192 g/mol. The second-order valence-corrected chi connectivity index (χ2v) is 3.53. The van der Waals surface area contributed by atoms with Crippen LogP contribution in [0.25, 0.3) is 11.2 Å². The Morgan fingerprint density at radius 3 is 2.80 bits per heavy atom. The quantitative estimate of drug-likeness (QED) is 0.768. The molecule has 80 valence electrons. The number of ether oxygens (including phenoxy) is 1. The summed E-state index contributed by atoms with van der Waals surface area (Å²) in [6, 6.07) is 0.333. The molecule has 0 amide bonds. The summed E-state index contributed by atoms with van der Waals surface area (Å²) in [4.78, 5) is 12.5. The van der Waals surface area contributed by atoms with E-state index in [4.69, 9.17) is 4.74 Å². The van der Waals surface area contributed by atoms with Crippen molar-refractivity contribution in [1.82, 2.24) is 19.5 Å². The van der Waals surface area contributed by atoms with Crippen molar-refractivity contribution in [2.24, 2.45) is 0 Å². The molecule has 2 aromatic rings. The van der Waals surface area contributed by atoms with Crippen LogP contribution in [0.15, 0.2) is 12.7 Å². The molecule has 0 saturated carbocycles. The molecule has 2 heterocycles. The van der Waals surface area contributed by atoms with E-state index in [2.05, 4.69) is 28.8 Å². The fourth-order valence-electron chi connectivity index (χ4n) is 1.45. The standard InChI is InChI=1S/C10H14N4O/c1-4-15-10-8-9(11-5-12-10)14(6-13-8)7(2)3/h5-7H,4H2,1-3H3. The first-order chi connectivity index (χ1) is 7.24. The smallest absolute Gasteiger partial charge is 0.245 e. The predicted octanol–water partition coefficient (Wildman–Crippen LogP) is 1.81. The van der Waals surface area contributed by atoms with Gasteiger partial charge in [-0.2, -0.15) is 4.98 Å². The van der Waals surface area contributed by atoms with Crippen molar-refractivity contribution in [3.8, 4) is 5.88 Å². The largest absolute Gasteiger partial charge is 0.476 e. The molecule has 5 heteroatoms. The topological polar surface area (TPSA) is 52.8 Å². The van der Waals surface area contributed by atoms with Crippen LogP contribution < -0.4 is 4.74 Å². The Labute approximate surface area is 88.1 Å². The number of hydrogen-bond acceptors (Lipinski definition) is 4. The molecule has 0 aliphatic rings. The highest BCUT2D eigenvalue weighted by molar-refractivity contribution is 5.75. The van der Waals surface area contributed by atoms with Gasteiger partial charge in [-0.05, 0) is 20.8 Å². The first-order valence-corrected chi connectivity index (χ1v) is 5.04. The average molecular weight is 206 g/mol. The highest BCUT2D eigenvalue weighted by Crippen LogP contribution is 2.21. The molecule has 0 fully saturated rings. The minimum absolute atomic E-state index is 0.333. The van der Waals surface area contributed by atoms with Gasteiger partial charge in [0, 0.05) is 6.04 Å². The number of fused-ring (bicyclic) bond motifs is 1. The number of aromatic nitrogens is 4. The molecule has 0 atom stereocenters. The van der Waals surface area contributed by atoms with Crippen LogP contribution in [-0.4, -0.2) is 26.1 Å². The molecular formula is C10H14N4O. The number of rotatable bonds is 3. The van der Waals surface area contributed by atoms with Crippen LogP contribution in [0.5, 0.6) is 5.88 Å². The van der Waals surface area contributed by atoms with Gasteiger partial charge in [0.05, 0.1) is 12.9 Å². The first-order valence-electron chi connectivity index (χ1n) is 5.04. The van der Waals surface area contributed by atoms with Crippen LogP contribution in [0.1, 0.15) is 26.8 Å². The summed E-state index contributed by atoms with van der Waals surface area (Å²) in [5.41, 5.74) is 1.55. The lowest BCUT2D eigenvalue weighted by atomic mass is 10.4. The average Bonchev–Trinajstić information content (AvgIpc) is 2.62. The van der Waals surface area contributed by atoms with Gasteiger partial charge in [0.1, 0.15) is 6.33 Å². The lowest BCUT2D eigenvalue weighted by molar-refractivity contribution is 0.330. The fourth-order valence-corrected chi connectivity index (χ4v) is 1.45. The molecule has 15 heavy (non-hydrogen) atoms. The maximum absolute atomic E-state index is 5.39. The van der Waals surface area contributed by atoms with Crippen molar-refractivity contribution in [3.05, 3.63) is 12.7 Å². The van der Waals surface area contributed by atoms with Gasteiger partial charge in [-0.3, -0.25) is 0 Å². The summed E-state index contributed by atoms with van der Waals surface area (Å²) < 4.78 is 7.38. The minimum Gasteiger partial charge on any atom is -0.476 e. The molecule has 5 nitrogen and oxygen atoms in total. The van der Waals surface area contributed by atoms with E-state index in [-0.39, 0.29) is 0 Å². The third-order valence-electron chi connectivity index (χ3n) is 2.16. The van der Waals surface area contributed by atoms with Crippen molar-refractivity contribution in [2.45, 2.75) is 26.8 Å². The molecule has 0 aromatic carbocycles. The SMILES string of the molecule is CCOc1ncnc2c1ncn2C(C)C. The van der Waals surface area contributed by atoms with Crippen LogP contribution >= 0.6 is 0 Å². The molecule has 0 saturated heterocycles. The Hall–Kier alpha value is -1.65. The Bertz CT molecular complexity index is 463. The van der Waals surface area contributed by atoms with Crippen molar-refractivity contribution in [3.63, 3.8) is 0 Å². The Morgan fingerprint density at radius 1 is 1.33 bits per heavy atom. The lowest BCUT2D eigenvalue weighted by Gasteiger charge is -2.07. The third kappa shape index (κ3) is 1.65. The molecule has 0 spiro atoms. The van der Waals surface area contributed by atoms with Crippen LogP contribution in [0.3, 0.4) is 0 Å². The minimum atomic E-state index is 0.333. The first kappa shape index (κ1) is 9.89. The van der Waals surface area contributed by atoms with Gasteiger partial charge in [0.25, 0.3) is 0 Å². The molecule has 0 bridgehead atoms. The van der Waals surface area contributed by atoms with E-state index in [1.165, 1.54) is 6.33 Å². The molecule has 0 aliphatic heterocycles. The van der Waals surface area contributed by atoms with Crippen molar-refractivity contribution in [1.29, 1.82) is 0 Å². The summed E-state index contributed by atoms with van der Waals surface area (Å²) >= 11 is 0. The number of imidazole rings is 1. The second-order valence-electron chi connectivity index (χ2n) is 3.53. The van der Waals surface area contributed by atoms with E-state index in [0.29, 0.717) is 18.5 Å².